The van der Waals surface area contributed by atoms with Gasteiger partial charge in [0.15, 0.2) is 0 Å². The molecule has 0 aromatic heterocycles. The molecule has 0 N–H and O–H groups in total. The second kappa shape index (κ2) is 8.08. The highest BCUT2D eigenvalue weighted by atomic mass is 28.4. The van der Waals surface area contributed by atoms with Crippen LogP contribution in [0.25, 0.3) is 0 Å². The van der Waals surface area contributed by atoms with Gasteiger partial charge in [-0.25, -0.2) is 0 Å². The first-order valence-electron chi connectivity index (χ1n) is 6.02. The molecule has 0 saturated carbocycles. The van der Waals surface area contributed by atoms with E-state index in [2.05, 4.69) is 20.0 Å². The highest BCUT2D eigenvalue weighted by Crippen LogP contribution is 2.20. The molecule has 0 fully saturated rings. The van der Waals surface area contributed by atoms with Crippen LogP contribution >= 0.6 is 0 Å². The molecule has 0 aliphatic carbocycles. The fourth-order valence-electron chi connectivity index (χ4n) is 1.68. The lowest BCUT2D eigenvalue weighted by Crippen LogP contribution is -2.38. The quantitative estimate of drug-likeness (QED) is 0.442. The molecule has 0 bridgehead atoms. The van der Waals surface area contributed by atoms with Crippen molar-refractivity contribution >= 4 is 8.56 Å². The molecule has 0 saturated heterocycles. The summed E-state index contributed by atoms with van der Waals surface area (Å²) in [4.78, 5) is 0. The predicted molar refractivity (Wildman–Crippen MR) is 68.3 cm³/mol. The molecule has 0 heterocycles. The standard InChI is InChI=1S/C12H26O2Si/c1-6-9-12(4)10-11-15(5,13-7-2)14-8-3/h4,6-11H2,1-3,5H3. The van der Waals surface area contributed by atoms with E-state index in [0.717, 1.165) is 32.1 Å². The first-order valence-corrected chi connectivity index (χ1v) is 8.54. The Bertz CT molecular complexity index is 174. The van der Waals surface area contributed by atoms with Gasteiger partial charge in [-0.3, -0.25) is 0 Å². The maximum Gasteiger partial charge on any atom is 0.335 e. The minimum atomic E-state index is -1.90. The zero-order valence-electron chi connectivity index (χ0n) is 10.8. The van der Waals surface area contributed by atoms with Gasteiger partial charge in [-0.1, -0.05) is 25.5 Å². The van der Waals surface area contributed by atoms with Gasteiger partial charge >= 0.3 is 8.56 Å². The summed E-state index contributed by atoms with van der Waals surface area (Å²) in [6.07, 6.45) is 3.36. The second-order valence-corrected chi connectivity index (χ2v) is 7.34. The van der Waals surface area contributed by atoms with Crippen LogP contribution in [0.3, 0.4) is 0 Å². The number of hydrogen-bond donors (Lipinski definition) is 0. The molecule has 0 aliphatic rings. The van der Waals surface area contributed by atoms with E-state index in [-0.39, 0.29) is 0 Å². The number of allylic oxidation sites excluding steroid dienone is 1. The summed E-state index contributed by atoms with van der Waals surface area (Å²) in [6, 6.07) is 1.04. The van der Waals surface area contributed by atoms with Crippen molar-refractivity contribution < 1.29 is 8.85 Å². The Morgan fingerprint density at radius 3 is 2.00 bits per heavy atom. The Hall–Kier alpha value is -0.123. The van der Waals surface area contributed by atoms with E-state index < -0.39 is 8.56 Å². The third-order valence-electron chi connectivity index (χ3n) is 2.44. The molecule has 0 spiro atoms. The highest BCUT2D eigenvalue weighted by Gasteiger charge is 2.30. The van der Waals surface area contributed by atoms with Gasteiger partial charge in [0.25, 0.3) is 0 Å². The van der Waals surface area contributed by atoms with Gasteiger partial charge in [-0.15, -0.1) is 0 Å². The second-order valence-electron chi connectivity index (χ2n) is 4.00. The molecule has 15 heavy (non-hydrogen) atoms. The molecule has 0 rings (SSSR count). The molecule has 0 aromatic carbocycles. The summed E-state index contributed by atoms with van der Waals surface area (Å²) in [6.45, 7) is 14.0. The van der Waals surface area contributed by atoms with Crippen molar-refractivity contribution in [1.29, 1.82) is 0 Å². The van der Waals surface area contributed by atoms with Crippen molar-refractivity contribution in [2.75, 3.05) is 13.2 Å². The summed E-state index contributed by atoms with van der Waals surface area (Å²) in [5, 5.41) is 0. The van der Waals surface area contributed by atoms with E-state index in [1.54, 1.807) is 0 Å². The maximum atomic E-state index is 5.77. The molecule has 3 heteroatoms. The molecule has 2 nitrogen and oxygen atoms in total. The van der Waals surface area contributed by atoms with Crippen molar-refractivity contribution in [1.82, 2.24) is 0 Å². The van der Waals surface area contributed by atoms with E-state index >= 15 is 0 Å². The van der Waals surface area contributed by atoms with Crippen LogP contribution in [0, 0.1) is 0 Å². The molecule has 0 aliphatic heterocycles. The van der Waals surface area contributed by atoms with Crippen molar-refractivity contribution in [2.24, 2.45) is 0 Å². The molecule has 0 unspecified atom stereocenters. The number of hydrogen-bond acceptors (Lipinski definition) is 2. The van der Waals surface area contributed by atoms with Crippen LogP contribution in [-0.2, 0) is 8.85 Å². The lowest BCUT2D eigenvalue weighted by atomic mass is 10.1. The van der Waals surface area contributed by atoms with Gasteiger partial charge < -0.3 is 8.85 Å². The SMILES string of the molecule is C=C(CCC)CC[Si](C)(OCC)OCC. The molecular formula is C12H26O2Si. The van der Waals surface area contributed by atoms with Gasteiger partial charge in [0.1, 0.15) is 0 Å². The topological polar surface area (TPSA) is 18.5 Å². The number of rotatable bonds is 9. The molecule has 0 amide bonds. The fourth-order valence-corrected chi connectivity index (χ4v) is 4.08. The first-order chi connectivity index (χ1) is 7.08. The molecule has 0 aromatic rings. The Balaban J connectivity index is 3.99. The largest absolute Gasteiger partial charge is 0.395 e. The summed E-state index contributed by atoms with van der Waals surface area (Å²) in [7, 11) is -1.90. The van der Waals surface area contributed by atoms with Gasteiger partial charge in [-0.2, -0.15) is 0 Å². The van der Waals surface area contributed by atoms with Crippen molar-refractivity contribution in [3.05, 3.63) is 12.2 Å². The van der Waals surface area contributed by atoms with Crippen LogP contribution in [0.4, 0.5) is 0 Å². The Kier molecular flexibility index (Phi) is 8.01. The summed E-state index contributed by atoms with van der Waals surface area (Å²) in [5.41, 5.74) is 1.33. The average Bonchev–Trinajstić information content (AvgIpc) is 2.16. The lowest BCUT2D eigenvalue weighted by molar-refractivity contribution is 0.189. The smallest absolute Gasteiger partial charge is 0.335 e. The maximum absolute atomic E-state index is 5.77. The van der Waals surface area contributed by atoms with Gasteiger partial charge in [0.05, 0.1) is 0 Å². The fraction of sp³-hybridized carbons (Fsp3) is 0.833. The minimum absolute atomic E-state index is 0.753. The monoisotopic (exact) mass is 230 g/mol. The lowest BCUT2D eigenvalue weighted by Gasteiger charge is -2.26. The van der Waals surface area contributed by atoms with E-state index in [0.29, 0.717) is 0 Å². The van der Waals surface area contributed by atoms with Crippen molar-refractivity contribution in [3.63, 3.8) is 0 Å². The highest BCUT2D eigenvalue weighted by molar-refractivity contribution is 6.66. The zero-order chi connectivity index (χ0) is 11.7. The van der Waals surface area contributed by atoms with Crippen LogP contribution in [-0.4, -0.2) is 21.8 Å². The summed E-state index contributed by atoms with van der Waals surface area (Å²) >= 11 is 0. The van der Waals surface area contributed by atoms with Gasteiger partial charge in [0, 0.05) is 13.2 Å². The van der Waals surface area contributed by atoms with Crippen LogP contribution < -0.4 is 0 Å². The molecule has 0 radical (unpaired) electrons. The van der Waals surface area contributed by atoms with Crippen LogP contribution in [0.1, 0.15) is 40.0 Å². The van der Waals surface area contributed by atoms with E-state index in [1.165, 1.54) is 12.0 Å². The zero-order valence-corrected chi connectivity index (χ0v) is 11.8. The van der Waals surface area contributed by atoms with Gasteiger partial charge in [0.2, 0.25) is 0 Å². The molecular weight excluding hydrogens is 204 g/mol. The average molecular weight is 230 g/mol. The van der Waals surface area contributed by atoms with Gasteiger partial charge in [-0.05, 0) is 39.3 Å². The van der Waals surface area contributed by atoms with Crippen LogP contribution in [0.2, 0.25) is 12.6 Å². The van der Waals surface area contributed by atoms with E-state index in [4.69, 9.17) is 8.85 Å². The van der Waals surface area contributed by atoms with E-state index in [1.807, 2.05) is 13.8 Å². The normalized spacial score (nSPS) is 11.7. The first kappa shape index (κ1) is 14.9. The third kappa shape index (κ3) is 6.87. The Labute approximate surface area is 95.9 Å². The van der Waals surface area contributed by atoms with Crippen molar-refractivity contribution in [3.8, 4) is 0 Å². The van der Waals surface area contributed by atoms with Crippen molar-refractivity contribution in [2.45, 2.75) is 52.6 Å². The third-order valence-corrected chi connectivity index (χ3v) is 5.39. The minimum Gasteiger partial charge on any atom is -0.395 e. The van der Waals surface area contributed by atoms with Crippen LogP contribution in [0.5, 0.6) is 0 Å². The van der Waals surface area contributed by atoms with Crippen LogP contribution in [0.15, 0.2) is 12.2 Å². The van der Waals surface area contributed by atoms with E-state index in [9.17, 15) is 0 Å². The molecule has 90 valence electrons. The summed E-state index contributed by atoms with van der Waals surface area (Å²) in [5.74, 6) is 0. The summed E-state index contributed by atoms with van der Waals surface area (Å²) < 4.78 is 11.5. The predicted octanol–water partition coefficient (Wildman–Crippen LogP) is 3.88. The Morgan fingerprint density at radius 2 is 1.60 bits per heavy atom. The molecule has 0 atom stereocenters. The Morgan fingerprint density at radius 1 is 1.07 bits per heavy atom.